The standard InChI is InChI=1S/C20H32N2O2S.H2/c1-4-19-9-11-20(12-10-19)18(3)8-7-17(2)13-14-21-25(23,24)22-15-5-6-16-22;/h7-8,11,19,21H,2-6,9-10,12-16H2,1H3;1H/b8-7-;. The first-order valence-corrected chi connectivity index (χ1v) is 10.8. The van der Waals surface area contributed by atoms with Gasteiger partial charge in [0.15, 0.2) is 0 Å². The maximum absolute atomic E-state index is 12.1. The van der Waals surface area contributed by atoms with Gasteiger partial charge in [-0.05, 0) is 55.6 Å². The minimum atomic E-state index is -3.32. The first kappa shape index (κ1) is 20.1. The van der Waals surface area contributed by atoms with Gasteiger partial charge < -0.3 is 0 Å². The third kappa shape index (κ3) is 6.24. The van der Waals surface area contributed by atoms with Crippen molar-refractivity contribution in [1.29, 1.82) is 0 Å². The van der Waals surface area contributed by atoms with Gasteiger partial charge in [-0.3, -0.25) is 0 Å². The molecular formula is C20H34N2O2S. The van der Waals surface area contributed by atoms with E-state index >= 15 is 0 Å². The highest BCUT2D eigenvalue weighted by molar-refractivity contribution is 7.87. The number of allylic oxidation sites excluding steroid dienone is 5. The molecule has 0 aromatic heterocycles. The number of hydrogen-bond acceptors (Lipinski definition) is 2. The van der Waals surface area contributed by atoms with Gasteiger partial charge in [-0.1, -0.05) is 50.3 Å². The fourth-order valence-electron chi connectivity index (χ4n) is 3.32. The van der Waals surface area contributed by atoms with Crippen molar-refractivity contribution in [2.24, 2.45) is 5.92 Å². The first-order chi connectivity index (χ1) is 11.9. The highest BCUT2D eigenvalue weighted by Gasteiger charge is 2.24. The van der Waals surface area contributed by atoms with Gasteiger partial charge in [-0.2, -0.15) is 12.7 Å². The molecule has 142 valence electrons. The van der Waals surface area contributed by atoms with Crippen LogP contribution in [0.15, 0.2) is 48.1 Å². The molecule has 0 aromatic carbocycles. The molecule has 0 amide bonds. The number of nitrogens with zero attached hydrogens (tertiary/aromatic N) is 1. The van der Waals surface area contributed by atoms with Crippen LogP contribution in [-0.4, -0.2) is 32.4 Å². The number of hydrogen-bond donors (Lipinski definition) is 1. The SMILES string of the molecule is C=C(/C=C\C(=C)C1=CCC(CC)CC1)CCNS(=O)(=O)N1CCCC1.[HH]. The Kier molecular flexibility index (Phi) is 7.66. The fourth-order valence-corrected chi connectivity index (χ4v) is 4.60. The topological polar surface area (TPSA) is 49.4 Å². The van der Waals surface area contributed by atoms with E-state index in [1.54, 1.807) is 0 Å². The lowest BCUT2D eigenvalue weighted by atomic mass is 9.85. The van der Waals surface area contributed by atoms with Crippen LogP contribution in [0.1, 0.15) is 53.3 Å². The first-order valence-electron chi connectivity index (χ1n) is 9.41. The van der Waals surface area contributed by atoms with Crippen molar-refractivity contribution in [2.75, 3.05) is 19.6 Å². The van der Waals surface area contributed by atoms with Gasteiger partial charge in [0.2, 0.25) is 0 Å². The van der Waals surface area contributed by atoms with Gasteiger partial charge >= 0.3 is 0 Å². The van der Waals surface area contributed by atoms with E-state index < -0.39 is 10.2 Å². The Labute approximate surface area is 155 Å². The predicted molar refractivity (Wildman–Crippen MR) is 108 cm³/mol. The normalized spacial score (nSPS) is 22.3. The molecule has 0 spiro atoms. The lowest BCUT2D eigenvalue weighted by Crippen LogP contribution is -2.39. The molecule has 0 aromatic rings. The van der Waals surface area contributed by atoms with Crippen LogP contribution >= 0.6 is 0 Å². The smallest absolute Gasteiger partial charge is 0.202 e. The minimum Gasteiger partial charge on any atom is -0.202 e. The zero-order valence-electron chi connectivity index (χ0n) is 15.5. The molecule has 1 saturated heterocycles. The van der Waals surface area contributed by atoms with E-state index in [0.29, 0.717) is 26.1 Å². The molecule has 1 aliphatic carbocycles. The van der Waals surface area contributed by atoms with Crippen molar-refractivity contribution in [3.63, 3.8) is 0 Å². The molecule has 25 heavy (non-hydrogen) atoms. The Morgan fingerprint density at radius 1 is 1.36 bits per heavy atom. The molecular weight excluding hydrogens is 332 g/mol. The molecule has 1 aliphatic heterocycles. The van der Waals surface area contributed by atoms with Crippen LogP contribution < -0.4 is 4.72 Å². The van der Waals surface area contributed by atoms with E-state index in [4.69, 9.17) is 0 Å². The van der Waals surface area contributed by atoms with E-state index in [0.717, 1.165) is 42.7 Å². The van der Waals surface area contributed by atoms with E-state index in [9.17, 15) is 8.42 Å². The molecule has 5 heteroatoms. The van der Waals surface area contributed by atoms with Gasteiger partial charge in [-0.15, -0.1) is 0 Å². The average molecular weight is 367 g/mol. The molecule has 0 radical (unpaired) electrons. The van der Waals surface area contributed by atoms with Crippen molar-refractivity contribution in [2.45, 2.75) is 51.9 Å². The molecule has 1 atom stereocenters. The van der Waals surface area contributed by atoms with Crippen LogP contribution in [0.5, 0.6) is 0 Å². The van der Waals surface area contributed by atoms with Gasteiger partial charge in [0.1, 0.15) is 0 Å². The Balaban J connectivity index is 0.00000338. The molecule has 2 rings (SSSR count). The van der Waals surface area contributed by atoms with Crippen molar-refractivity contribution < 1.29 is 9.84 Å². The van der Waals surface area contributed by atoms with Crippen molar-refractivity contribution >= 4 is 10.2 Å². The highest BCUT2D eigenvalue weighted by atomic mass is 32.2. The van der Waals surface area contributed by atoms with E-state index in [1.807, 2.05) is 12.2 Å². The summed E-state index contributed by atoms with van der Waals surface area (Å²) in [6.07, 6.45) is 13.5. The second-order valence-corrected chi connectivity index (χ2v) is 8.81. The maximum Gasteiger partial charge on any atom is 0.279 e. The zero-order valence-corrected chi connectivity index (χ0v) is 16.3. The minimum absolute atomic E-state index is 0. The van der Waals surface area contributed by atoms with Crippen LogP contribution in [0.4, 0.5) is 0 Å². The summed E-state index contributed by atoms with van der Waals surface area (Å²) in [7, 11) is -3.32. The quantitative estimate of drug-likeness (QED) is 0.617. The number of nitrogens with one attached hydrogen (secondary N) is 1. The van der Waals surface area contributed by atoms with E-state index in [1.165, 1.54) is 22.7 Å². The summed E-state index contributed by atoms with van der Waals surface area (Å²) in [6.45, 7) is 12.1. The molecule has 0 bridgehead atoms. The van der Waals surface area contributed by atoms with Crippen molar-refractivity contribution in [3.8, 4) is 0 Å². The third-order valence-corrected chi connectivity index (χ3v) is 6.78. The molecule has 1 N–H and O–H groups in total. The van der Waals surface area contributed by atoms with Crippen molar-refractivity contribution in [1.82, 2.24) is 9.03 Å². The zero-order chi connectivity index (χ0) is 18.3. The Bertz CT molecular complexity index is 647. The lowest BCUT2D eigenvalue weighted by molar-refractivity contribution is 0.458. The van der Waals surface area contributed by atoms with E-state index in [-0.39, 0.29) is 1.43 Å². The average Bonchev–Trinajstić information content (AvgIpc) is 3.15. The Hall–Kier alpha value is -1.17. The summed E-state index contributed by atoms with van der Waals surface area (Å²) in [5.41, 5.74) is 3.30. The fraction of sp³-hybridized carbons (Fsp3) is 0.600. The monoisotopic (exact) mass is 366 g/mol. The molecule has 0 saturated carbocycles. The largest absolute Gasteiger partial charge is 0.279 e. The highest BCUT2D eigenvalue weighted by Crippen LogP contribution is 2.29. The second-order valence-electron chi connectivity index (χ2n) is 7.05. The maximum atomic E-state index is 12.1. The van der Waals surface area contributed by atoms with Gasteiger partial charge in [-0.25, -0.2) is 4.72 Å². The van der Waals surface area contributed by atoms with Gasteiger partial charge in [0, 0.05) is 21.1 Å². The summed E-state index contributed by atoms with van der Waals surface area (Å²) in [5, 5.41) is 0. The van der Waals surface area contributed by atoms with Crippen LogP contribution in [0, 0.1) is 5.92 Å². The summed E-state index contributed by atoms with van der Waals surface area (Å²) >= 11 is 0. The summed E-state index contributed by atoms with van der Waals surface area (Å²) in [4.78, 5) is 0. The molecule has 2 aliphatic rings. The van der Waals surface area contributed by atoms with Crippen molar-refractivity contribution in [3.05, 3.63) is 48.1 Å². The van der Waals surface area contributed by atoms with Gasteiger partial charge in [0.05, 0.1) is 0 Å². The molecule has 1 heterocycles. The van der Waals surface area contributed by atoms with Crippen LogP contribution in [-0.2, 0) is 10.2 Å². The summed E-state index contributed by atoms with van der Waals surface area (Å²) in [6, 6.07) is 0. The van der Waals surface area contributed by atoms with E-state index in [2.05, 4.69) is 30.9 Å². The van der Waals surface area contributed by atoms with Crippen LogP contribution in [0.3, 0.4) is 0 Å². The van der Waals surface area contributed by atoms with Crippen LogP contribution in [0.25, 0.3) is 0 Å². The van der Waals surface area contributed by atoms with Gasteiger partial charge in [0.25, 0.3) is 10.2 Å². The Morgan fingerprint density at radius 3 is 2.68 bits per heavy atom. The third-order valence-electron chi connectivity index (χ3n) is 5.17. The van der Waals surface area contributed by atoms with Crippen LogP contribution in [0.2, 0.25) is 0 Å². The second kappa shape index (κ2) is 9.51. The number of rotatable bonds is 9. The molecule has 1 unspecified atom stereocenters. The predicted octanol–water partition coefficient (Wildman–Crippen LogP) is 4.36. The lowest BCUT2D eigenvalue weighted by Gasteiger charge is -2.20. The summed E-state index contributed by atoms with van der Waals surface area (Å²) in [5.74, 6) is 0.819. The Morgan fingerprint density at radius 2 is 2.08 bits per heavy atom. The summed E-state index contributed by atoms with van der Waals surface area (Å²) < 4.78 is 28.4. The molecule has 4 nitrogen and oxygen atoms in total. The molecule has 1 fully saturated rings.